The number of benzene rings is 3. The van der Waals surface area contributed by atoms with Gasteiger partial charge in [0.05, 0.1) is 22.5 Å². The van der Waals surface area contributed by atoms with Crippen LogP contribution in [0.2, 0.25) is 0 Å². The van der Waals surface area contributed by atoms with Gasteiger partial charge in [0, 0.05) is 7.05 Å². The van der Waals surface area contributed by atoms with Crippen LogP contribution in [-0.4, -0.2) is 31.7 Å². The van der Waals surface area contributed by atoms with Gasteiger partial charge in [-0.1, -0.05) is 78.9 Å². The van der Waals surface area contributed by atoms with Crippen molar-refractivity contribution in [3.05, 3.63) is 123 Å². The summed E-state index contributed by atoms with van der Waals surface area (Å²) in [7, 11) is 1.81. The van der Waals surface area contributed by atoms with E-state index in [0.717, 1.165) is 16.8 Å². The number of amidine groups is 1. The Kier molecular flexibility index (Phi) is 6.51. The zero-order chi connectivity index (χ0) is 25.1. The van der Waals surface area contributed by atoms with E-state index in [-0.39, 0.29) is 17.2 Å². The number of amides is 1. The predicted molar refractivity (Wildman–Crippen MR) is 146 cm³/mol. The average Bonchev–Trinajstić information content (AvgIpc) is 3.31. The van der Waals surface area contributed by atoms with Gasteiger partial charge in [0.15, 0.2) is 10.9 Å². The van der Waals surface area contributed by atoms with Crippen LogP contribution in [-0.2, 0) is 11.8 Å². The summed E-state index contributed by atoms with van der Waals surface area (Å²) in [6.45, 7) is 1.83. The summed E-state index contributed by atoms with van der Waals surface area (Å²) < 4.78 is 3.32. The van der Waals surface area contributed by atoms with Gasteiger partial charge in [0.1, 0.15) is 0 Å². The summed E-state index contributed by atoms with van der Waals surface area (Å²) in [5.74, 6) is -0.299. The van der Waals surface area contributed by atoms with Crippen molar-refractivity contribution in [2.75, 3.05) is 0 Å². The van der Waals surface area contributed by atoms with Gasteiger partial charge in [-0.2, -0.15) is 10.1 Å². The fourth-order valence-electron chi connectivity index (χ4n) is 3.78. The van der Waals surface area contributed by atoms with E-state index in [9.17, 15) is 9.59 Å². The molecule has 0 saturated carbocycles. The zero-order valence-corrected chi connectivity index (χ0v) is 20.6. The molecule has 0 N–H and O–H groups in total. The number of aromatic nitrogens is 2. The zero-order valence-electron chi connectivity index (χ0n) is 19.8. The number of nitrogens with zero attached hydrogens (tertiary/aromatic N) is 5. The molecule has 0 aliphatic carbocycles. The van der Waals surface area contributed by atoms with Crippen molar-refractivity contribution in [3.8, 4) is 5.69 Å². The van der Waals surface area contributed by atoms with Gasteiger partial charge in [-0.3, -0.25) is 14.3 Å². The number of rotatable bonds is 5. The van der Waals surface area contributed by atoms with Crippen LogP contribution >= 0.6 is 11.8 Å². The highest BCUT2D eigenvalue weighted by atomic mass is 32.2. The Hall–Kier alpha value is -4.43. The molecule has 178 valence electrons. The minimum absolute atomic E-state index is 0.262. The Bertz CT molecular complexity index is 1550. The van der Waals surface area contributed by atoms with E-state index in [1.54, 1.807) is 21.7 Å². The van der Waals surface area contributed by atoms with Crippen molar-refractivity contribution in [2.24, 2.45) is 17.1 Å². The number of carbonyl (C=O) groups is 1. The van der Waals surface area contributed by atoms with Crippen molar-refractivity contribution in [1.82, 2.24) is 14.4 Å². The smallest absolute Gasteiger partial charge is 0.283 e. The van der Waals surface area contributed by atoms with E-state index in [2.05, 4.69) is 10.1 Å². The first-order valence-corrected chi connectivity index (χ1v) is 12.2. The molecular formula is C28H23N5O2S. The first-order chi connectivity index (χ1) is 17.5. The number of aliphatic imine (C=N–C) groups is 1. The molecular weight excluding hydrogens is 470 g/mol. The standard InChI is InChI=1S/C28H23N5O2S/c1-20-25(27(35)33(31(20)2)23-16-10-5-11-17-23)30-28-32(29-19-22-14-8-4-9-15-22)26(34)24(36-28)18-21-12-6-3-7-13-21/h3-19H,1-2H3/b24-18-,29-19+,30-28?. The molecule has 1 amide bonds. The lowest BCUT2D eigenvalue weighted by Crippen LogP contribution is -2.24. The number of carbonyl (C=O) groups excluding carboxylic acids is 1. The van der Waals surface area contributed by atoms with Gasteiger partial charge in [-0.25, -0.2) is 9.67 Å². The average molecular weight is 494 g/mol. The molecule has 4 aromatic rings. The highest BCUT2D eigenvalue weighted by molar-refractivity contribution is 8.18. The highest BCUT2D eigenvalue weighted by Gasteiger charge is 2.34. The van der Waals surface area contributed by atoms with Gasteiger partial charge < -0.3 is 0 Å². The Morgan fingerprint density at radius 3 is 2.03 bits per heavy atom. The van der Waals surface area contributed by atoms with Crippen molar-refractivity contribution < 1.29 is 4.79 Å². The molecule has 1 aromatic heterocycles. The maximum atomic E-state index is 13.4. The summed E-state index contributed by atoms with van der Waals surface area (Å²) >= 11 is 1.20. The second-order valence-corrected chi connectivity index (χ2v) is 9.11. The van der Waals surface area contributed by atoms with Crippen LogP contribution in [0.25, 0.3) is 11.8 Å². The minimum Gasteiger partial charge on any atom is -0.283 e. The molecule has 0 bridgehead atoms. The van der Waals surface area contributed by atoms with E-state index >= 15 is 0 Å². The summed E-state index contributed by atoms with van der Waals surface area (Å²) in [6, 6.07) is 28.5. The largest absolute Gasteiger partial charge is 0.297 e. The Morgan fingerprint density at radius 1 is 0.806 bits per heavy atom. The van der Waals surface area contributed by atoms with Gasteiger partial charge in [-0.15, -0.1) is 0 Å². The maximum Gasteiger partial charge on any atom is 0.297 e. The van der Waals surface area contributed by atoms with Crippen LogP contribution in [0.1, 0.15) is 16.8 Å². The number of hydrogen-bond donors (Lipinski definition) is 0. The number of para-hydroxylation sites is 1. The van der Waals surface area contributed by atoms with Crippen LogP contribution in [0, 0.1) is 6.92 Å². The first kappa shape index (κ1) is 23.3. The Balaban J connectivity index is 1.60. The molecule has 1 aliphatic heterocycles. The normalized spacial score (nSPS) is 16.1. The van der Waals surface area contributed by atoms with E-state index in [0.29, 0.717) is 15.8 Å². The summed E-state index contributed by atoms with van der Waals surface area (Å²) in [6.07, 6.45) is 3.42. The molecule has 0 spiro atoms. The highest BCUT2D eigenvalue weighted by Crippen LogP contribution is 2.34. The minimum atomic E-state index is -0.299. The monoisotopic (exact) mass is 493 g/mol. The quantitative estimate of drug-likeness (QED) is 0.286. The van der Waals surface area contributed by atoms with Crippen molar-refractivity contribution in [1.29, 1.82) is 0 Å². The molecule has 5 rings (SSSR count). The predicted octanol–water partition coefficient (Wildman–Crippen LogP) is 5.12. The molecule has 0 radical (unpaired) electrons. The maximum absolute atomic E-state index is 13.4. The Labute approximate surface area is 212 Å². The molecule has 3 aromatic carbocycles. The molecule has 0 atom stereocenters. The topological polar surface area (TPSA) is 72.0 Å². The van der Waals surface area contributed by atoms with Gasteiger partial charge in [-0.05, 0) is 48.0 Å². The molecule has 1 saturated heterocycles. The van der Waals surface area contributed by atoms with Crippen molar-refractivity contribution in [2.45, 2.75) is 6.92 Å². The van der Waals surface area contributed by atoms with E-state index < -0.39 is 0 Å². The molecule has 1 fully saturated rings. The lowest BCUT2D eigenvalue weighted by Gasteiger charge is -2.08. The van der Waals surface area contributed by atoms with Crippen molar-refractivity contribution in [3.63, 3.8) is 0 Å². The molecule has 1 aliphatic rings. The molecule has 0 unspecified atom stereocenters. The van der Waals surface area contributed by atoms with Crippen LogP contribution < -0.4 is 5.56 Å². The van der Waals surface area contributed by atoms with Crippen LogP contribution in [0.5, 0.6) is 0 Å². The fraction of sp³-hybridized carbons (Fsp3) is 0.0714. The summed E-state index contributed by atoms with van der Waals surface area (Å²) in [5, 5.41) is 6.02. The Morgan fingerprint density at radius 2 is 1.39 bits per heavy atom. The molecule has 36 heavy (non-hydrogen) atoms. The van der Waals surface area contributed by atoms with Crippen LogP contribution in [0.3, 0.4) is 0 Å². The first-order valence-electron chi connectivity index (χ1n) is 11.3. The second kappa shape index (κ2) is 10.1. The summed E-state index contributed by atoms with van der Waals surface area (Å²) in [4.78, 5) is 31.9. The van der Waals surface area contributed by atoms with Gasteiger partial charge in [0.2, 0.25) is 0 Å². The van der Waals surface area contributed by atoms with Gasteiger partial charge in [0.25, 0.3) is 11.5 Å². The van der Waals surface area contributed by atoms with Crippen molar-refractivity contribution >= 4 is 40.8 Å². The molecule has 8 heteroatoms. The summed E-state index contributed by atoms with van der Waals surface area (Å²) in [5.41, 5.74) is 3.14. The molecule has 7 nitrogen and oxygen atoms in total. The number of hydrazone groups is 1. The third-order valence-electron chi connectivity index (χ3n) is 5.74. The van der Waals surface area contributed by atoms with Crippen LogP contribution in [0.15, 0.2) is 111 Å². The third-order valence-corrected chi connectivity index (χ3v) is 6.70. The third kappa shape index (κ3) is 4.58. The second-order valence-electron chi connectivity index (χ2n) is 8.10. The number of hydrogen-bond acceptors (Lipinski definition) is 5. The van der Waals surface area contributed by atoms with E-state index in [1.165, 1.54) is 16.8 Å². The lowest BCUT2D eigenvalue weighted by atomic mass is 10.2. The van der Waals surface area contributed by atoms with E-state index in [1.807, 2.05) is 105 Å². The fourth-order valence-corrected chi connectivity index (χ4v) is 4.70. The number of thioether (sulfide) groups is 1. The SMILES string of the molecule is Cc1c(N=C2S/C(=C\c3ccccc3)C(=O)N2/N=C/c2ccccc2)c(=O)n(-c2ccccc2)n1C. The van der Waals surface area contributed by atoms with Crippen LogP contribution in [0.4, 0.5) is 5.69 Å². The molecule has 2 heterocycles. The van der Waals surface area contributed by atoms with Gasteiger partial charge >= 0.3 is 0 Å². The lowest BCUT2D eigenvalue weighted by molar-refractivity contribution is -0.122. The van der Waals surface area contributed by atoms with E-state index in [4.69, 9.17) is 0 Å².